The van der Waals surface area contributed by atoms with Gasteiger partial charge in [-0.15, -0.1) is 0 Å². The Labute approximate surface area is 164 Å². The molecular formula is C20H22Cl2N2O2. The molecule has 0 saturated carbocycles. The molecule has 0 aliphatic carbocycles. The van der Waals surface area contributed by atoms with E-state index in [-0.39, 0.29) is 18.4 Å². The SMILES string of the molecule is CNC(=O)C(C)N(Cc1ccc(Cl)cc1Cl)C(=O)CCc1ccccc1. The lowest BCUT2D eigenvalue weighted by Gasteiger charge is -2.29. The Kier molecular flexibility index (Phi) is 7.49. The number of halogens is 2. The lowest BCUT2D eigenvalue weighted by Crippen LogP contribution is -2.46. The highest BCUT2D eigenvalue weighted by molar-refractivity contribution is 6.35. The van der Waals surface area contributed by atoms with Crippen molar-refractivity contribution in [3.63, 3.8) is 0 Å². The quantitative estimate of drug-likeness (QED) is 0.771. The van der Waals surface area contributed by atoms with Crippen LogP contribution in [0.1, 0.15) is 24.5 Å². The van der Waals surface area contributed by atoms with Gasteiger partial charge in [0, 0.05) is 30.1 Å². The van der Waals surface area contributed by atoms with Crippen LogP contribution in [-0.2, 0) is 22.6 Å². The Morgan fingerprint density at radius 2 is 1.81 bits per heavy atom. The number of aryl methyl sites for hydroxylation is 1. The Morgan fingerprint density at radius 1 is 1.12 bits per heavy atom. The molecule has 1 atom stereocenters. The molecule has 0 spiro atoms. The highest BCUT2D eigenvalue weighted by Gasteiger charge is 2.25. The van der Waals surface area contributed by atoms with E-state index >= 15 is 0 Å². The maximum Gasteiger partial charge on any atom is 0.242 e. The van der Waals surface area contributed by atoms with Crippen molar-refractivity contribution in [3.8, 4) is 0 Å². The van der Waals surface area contributed by atoms with E-state index < -0.39 is 6.04 Å². The van der Waals surface area contributed by atoms with Crippen molar-refractivity contribution in [2.75, 3.05) is 7.05 Å². The molecule has 6 heteroatoms. The van der Waals surface area contributed by atoms with Gasteiger partial charge in [0.2, 0.25) is 11.8 Å². The first kappa shape index (κ1) is 20.3. The third-order valence-corrected chi connectivity index (χ3v) is 4.83. The van der Waals surface area contributed by atoms with Crippen LogP contribution in [0.2, 0.25) is 10.0 Å². The predicted octanol–water partition coefficient (Wildman–Crippen LogP) is 4.09. The van der Waals surface area contributed by atoms with Gasteiger partial charge >= 0.3 is 0 Å². The van der Waals surface area contributed by atoms with E-state index in [1.165, 1.54) is 0 Å². The van der Waals surface area contributed by atoms with E-state index in [1.807, 2.05) is 30.3 Å². The topological polar surface area (TPSA) is 49.4 Å². The largest absolute Gasteiger partial charge is 0.357 e. The molecule has 0 radical (unpaired) electrons. The van der Waals surface area contributed by atoms with Gasteiger partial charge in [0.15, 0.2) is 0 Å². The summed E-state index contributed by atoms with van der Waals surface area (Å²) in [6.07, 6.45) is 0.932. The number of benzene rings is 2. The molecule has 2 rings (SSSR count). The van der Waals surface area contributed by atoms with Gasteiger partial charge in [-0.1, -0.05) is 59.6 Å². The number of likely N-dealkylation sites (N-methyl/N-ethyl adjacent to an activating group) is 1. The van der Waals surface area contributed by atoms with Crippen molar-refractivity contribution < 1.29 is 9.59 Å². The van der Waals surface area contributed by atoms with Crippen LogP contribution < -0.4 is 5.32 Å². The van der Waals surface area contributed by atoms with Crippen LogP contribution in [0.15, 0.2) is 48.5 Å². The minimum absolute atomic E-state index is 0.101. The van der Waals surface area contributed by atoms with Crippen LogP contribution >= 0.6 is 23.2 Å². The monoisotopic (exact) mass is 392 g/mol. The van der Waals surface area contributed by atoms with E-state index in [0.29, 0.717) is 22.9 Å². The molecule has 1 N–H and O–H groups in total. The van der Waals surface area contributed by atoms with Crippen LogP contribution in [0.5, 0.6) is 0 Å². The first-order valence-electron chi connectivity index (χ1n) is 8.41. The molecule has 0 aliphatic rings. The van der Waals surface area contributed by atoms with Crippen LogP contribution in [0.3, 0.4) is 0 Å². The maximum absolute atomic E-state index is 12.8. The molecule has 2 amide bonds. The number of hydrogen-bond acceptors (Lipinski definition) is 2. The molecule has 26 heavy (non-hydrogen) atoms. The fourth-order valence-corrected chi connectivity index (χ4v) is 3.13. The van der Waals surface area contributed by atoms with Gasteiger partial charge in [-0.3, -0.25) is 9.59 Å². The summed E-state index contributed by atoms with van der Waals surface area (Å²) in [5.74, 6) is -0.320. The van der Waals surface area contributed by atoms with Crippen molar-refractivity contribution >= 4 is 35.0 Å². The summed E-state index contributed by atoms with van der Waals surface area (Å²) in [7, 11) is 1.56. The summed E-state index contributed by atoms with van der Waals surface area (Å²) < 4.78 is 0. The second kappa shape index (κ2) is 9.60. The Hall–Kier alpha value is -2.04. The van der Waals surface area contributed by atoms with Gasteiger partial charge in [0.05, 0.1) is 0 Å². The summed E-state index contributed by atoms with van der Waals surface area (Å²) in [6.45, 7) is 1.96. The van der Waals surface area contributed by atoms with E-state index in [9.17, 15) is 9.59 Å². The number of nitrogens with zero attached hydrogens (tertiary/aromatic N) is 1. The van der Waals surface area contributed by atoms with Gasteiger partial charge in [-0.25, -0.2) is 0 Å². The lowest BCUT2D eigenvalue weighted by atomic mass is 10.1. The summed E-state index contributed by atoms with van der Waals surface area (Å²) in [6, 6.07) is 14.3. The fraction of sp³-hybridized carbons (Fsp3) is 0.300. The molecule has 138 valence electrons. The molecule has 4 nitrogen and oxygen atoms in total. The van der Waals surface area contributed by atoms with E-state index in [1.54, 1.807) is 37.1 Å². The van der Waals surface area contributed by atoms with Crippen molar-refractivity contribution in [3.05, 3.63) is 69.7 Å². The van der Waals surface area contributed by atoms with Crippen LogP contribution in [0, 0.1) is 0 Å². The van der Waals surface area contributed by atoms with Gasteiger partial charge in [-0.05, 0) is 36.6 Å². The fourth-order valence-electron chi connectivity index (χ4n) is 2.66. The van der Waals surface area contributed by atoms with Crippen molar-refractivity contribution in [1.29, 1.82) is 0 Å². The molecule has 0 bridgehead atoms. The summed E-state index contributed by atoms with van der Waals surface area (Å²) in [5, 5.41) is 3.60. The van der Waals surface area contributed by atoms with Gasteiger partial charge in [-0.2, -0.15) is 0 Å². The molecule has 0 heterocycles. The standard InChI is InChI=1S/C20H22Cl2N2O2/c1-14(20(26)23-2)24(13-16-9-10-17(21)12-18(16)22)19(25)11-8-15-6-4-3-5-7-15/h3-7,9-10,12,14H,8,11,13H2,1-2H3,(H,23,26). The molecule has 0 fully saturated rings. The van der Waals surface area contributed by atoms with Crippen LogP contribution in [0.4, 0.5) is 0 Å². The van der Waals surface area contributed by atoms with Crippen molar-refractivity contribution in [1.82, 2.24) is 10.2 Å². The number of hydrogen-bond donors (Lipinski definition) is 1. The Morgan fingerprint density at radius 3 is 2.42 bits per heavy atom. The predicted molar refractivity (Wildman–Crippen MR) is 105 cm³/mol. The number of carbonyl (C=O) groups is 2. The zero-order valence-electron chi connectivity index (χ0n) is 14.8. The first-order valence-corrected chi connectivity index (χ1v) is 9.17. The third-order valence-electron chi connectivity index (χ3n) is 4.24. The number of carbonyl (C=O) groups excluding carboxylic acids is 2. The Balaban J connectivity index is 2.16. The molecular weight excluding hydrogens is 371 g/mol. The highest BCUT2D eigenvalue weighted by Crippen LogP contribution is 2.23. The van der Waals surface area contributed by atoms with Gasteiger partial charge in [0.25, 0.3) is 0 Å². The van der Waals surface area contributed by atoms with E-state index in [4.69, 9.17) is 23.2 Å². The first-order chi connectivity index (χ1) is 12.4. The smallest absolute Gasteiger partial charge is 0.242 e. The van der Waals surface area contributed by atoms with Crippen molar-refractivity contribution in [2.24, 2.45) is 0 Å². The molecule has 0 saturated heterocycles. The van der Waals surface area contributed by atoms with Crippen LogP contribution in [0.25, 0.3) is 0 Å². The molecule has 0 aromatic heterocycles. The van der Waals surface area contributed by atoms with E-state index in [2.05, 4.69) is 5.32 Å². The lowest BCUT2D eigenvalue weighted by molar-refractivity contribution is -0.140. The normalized spacial score (nSPS) is 11.7. The minimum Gasteiger partial charge on any atom is -0.357 e. The van der Waals surface area contributed by atoms with Crippen molar-refractivity contribution in [2.45, 2.75) is 32.4 Å². The molecule has 2 aromatic carbocycles. The zero-order chi connectivity index (χ0) is 19.1. The number of rotatable bonds is 7. The number of amides is 2. The third kappa shape index (κ3) is 5.48. The van der Waals surface area contributed by atoms with E-state index in [0.717, 1.165) is 11.1 Å². The molecule has 2 aromatic rings. The minimum atomic E-state index is -0.602. The number of nitrogens with one attached hydrogen (secondary N) is 1. The van der Waals surface area contributed by atoms with Gasteiger partial charge in [0.1, 0.15) is 6.04 Å². The summed E-state index contributed by atoms with van der Waals surface area (Å²) in [4.78, 5) is 26.5. The second-order valence-corrected chi connectivity index (χ2v) is 6.88. The average molecular weight is 393 g/mol. The summed E-state index contributed by atoms with van der Waals surface area (Å²) in [5.41, 5.74) is 1.83. The highest BCUT2D eigenvalue weighted by atomic mass is 35.5. The average Bonchev–Trinajstić information content (AvgIpc) is 2.65. The van der Waals surface area contributed by atoms with Gasteiger partial charge < -0.3 is 10.2 Å². The summed E-state index contributed by atoms with van der Waals surface area (Å²) >= 11 is 12.2. The maximum atomic E-state index is 12.8. The molecule has 0 aliphatic heterocycles. The zero-order valence-corrected chi connectivity index (χ0v) is 16.3. The Bertz CT molecular complexity index is 766. The molecule has 1 unspecified atom stereocenters. The van der Waals surface area contributed by atoms with Crippen LogP contribution in [-0.4, -0.2) is 29.8 Å². The second-order valence-electron chi connectivity index (χ2n) is 6.03.